The van der Waals surface area contributed by atoms with Crippen LogP contribution in [0.5, 0.6) is 0 Å². The molecule has 0 saturated carbocycles. The fourth-order valence-corrected chi connectivity index (χ4v) is 4.50. The third-order valence-corrected chi connectivity index (χ3v) is 6.29. The number of carbonyl (C=O) groups excluding carboxylic acids is 1. The van der Waals surface area contributed by atoms with Gasteiger partial charge in [0, 0.05) is 38.2 Å². The lowest BCUT2D eigenvalue weighted by atomic mass is 10.1. The van der Waals surface area contributed by atoms with Crippen molar-refractivity contribution in [1.29, 1.82) is 0 Å². The summed E-state index contributed by atoms with van der Waals surface area (Å²) in [4.78, 5) is 27.2. The average Bonchev–Trinajstić information content (AvgIpc) is 3.28. The molecule has 7 heteroatoms. The largest absolute Gasteiger partial charge is 0.352 e. The molecule has 1 aliphatic rings. The first-order valence-electron chi connectivity index (χ1n) is 11.9. The number of piperazine rings is 1. The van der Waals surface area contributed by atoms with Gasteiger partial charge in [-0.2, -0.15) is 5.10 Å². The van der Waals surface area contributed by atoms with E-state index in [0.717, 1.165) is 59.0 Å². The summed E-state index contributed by atoms with van der Waals surface area (Å²) in [5, 5.41) is 5.60. The van der Waals surface area contributed by atoms with Crippen molar-refractivity contribution in [2.75, 3.05) is 31.1 Å². The fourth-order valence-electron chi connectivity index (χ4n) is 4.50. The van der Waals surface area contributed by atoms with Crippen LogP contribution in [0.4, 0.5) is 5.82 Å². The smallest absolute Gasteiger partial charge is 0.254 e. The first-order valence-corrected chi connectivity index (χ1v) is 11.9. The van der Waals surface area contributed by atoms with Crippen LogP contribution in [0.15, 0.2) is 60.8 Å². The highest BCUT2D eigenvalue weighted by atomic mass is 16.2. The Kier molecular flexibility index (Phi) is 6.01. The summed E-state index contributed by atoms with van der Waals surface area (Å²) >= 11 is 0. The molecule has 4 aromatic rings. The maximum Gasteiger partial charge on any atom is 0.254 e. The number of carbonyl (C=O) groups is 1. The lowest BCUT2D eigenvalue weighted by Crippen LogP contribution is -2.49. The van der Waals surface area contributed by atoms with E-state index < -0.39 is 0 Å². The van der Waals surface area contributed by atoms with Gasteiger partial charge in [0.05, 0.1) is 17.3 Å². The molecule has 0 N–H and O–H groups in total. The van der Waals surface area contributed by atoms with Crippen molar-refractivity contribution in [1.82, 2.24) is 24.6 Å². The Labute approximate surface area is 200 Å². The summed E-state index contributed by atoms with van der Waals surface area (Å²) < 4.78 is 1.89. The van der Waals surface area contributed by atoms with Gasteiger partial charge in [-0.25, -0.2) is 14.6 Å². The topological polar surface area (TPSA) is 67.2 Å². The normalized spacial score (nSPS) is 14.2. The van der Waals surface area contributed by atoms with Crippen LogP contribution in [0.2, 0.25) is 0 Å². The van der Waals surface area contributed by atoms with Crippen molar-refractivity contribution in [2.24, 2.45) is 5.92 Å². The predicted octanol–water partition coefficient (Wildman–Crippen LogP) is 4.28. The molecule has 1 amide bonds. The monoisotopic (exact) mass is 454 g/mol. The third kappa shape index (κ3) is 4.25. The van der Waals surface area contributed by atoms with Gasteiger partial charge >= 0.3 is 0 Å². The van der Waals surface area contributed by atoms with Gasteiger partial charge in [0.1, 0.15) is 11.6 Å². The number of amides is 1. The molecule has 34 heavy (non-hydrogen) atoms. The van der Waals surface area contributed by atoms with E-state index in [1.54, 1.807) is 0 Å². The van der Waals surface area contributed by atoms with E-state index >= 15 is 0 Å². The summed E-state index contributed by atoms with van der Waals surface area (Å²) in [6, 6.07) is 17.9. The van der Waals surface area contributed by atoms with Crippen molar-refractivity contribution < 1.29 is 4.79 Å². The molecular formula is C27H30N6O. The number of nitrogens with zero attached hydrogens (tertiary/aromatic N) is 6. The summed E-state index contributed by atoms with van der Waals surface area (Å²) in [6.07, 6.45) is 2.66. The molecule has 174 valence electrons. The highest BCUT2D eigenvalue weighted by molar-refractivity contribution is 5.96. The molecule has 0 aliphatic carbocycles. The fraction of sp³-hybridized carbons (Fsp3) is 0.333. The minimum Gasteiger partial charge on any atom is -0.352 e. The Morgan fingerprint density at radius 2 is 1.65 bits per heavy atom. The lowest BCUT2D eigenvalue weighted by molar-refractivity contribution is 0.0746. The minimum atomic E-state index is 0.1000. The maximum absolute atomic E-state index is 13.1. The Hall–Kier alpha value is -3.74. The van der Waals surface area contributed by atoms with E-state index in [9.17, 15) is 4.79 Å². The molecule has 0 atom stereocenters. The SMILES string of the molecule is Cc1ccccc1C(=O)N1CCN(c2nc(CC(C)C)nc3c2cnn3-c2ccccc2)CC1. The van der Waals surface area contributed by atoms with Crippen LogP contribution in [-0.2, 0) is 6.42 Å². The molecule has 1 fully saturated rings. The number of rotatable bonds is 5. The zero-order valence-corrected chi connectivity index (χ0v) is 20.0. The molecule has 1 saturated heterocycles. The zero-order valence-electron chi connectivity index (χ0n) is 20.0. The predicted molar refractivity (Wildman–Crippen MR) is 134 cm³/mol. The van der Waals surface area contributed by atoms with Crippen LogP contribution in [0.3, 0.4) is 0 Å². The zero-order chi connectivity index (χ0) is 23.7. The second-order valence-corrected chi connectivity index (χ2v) is 9.28. The Morgan fingerprint density at radius 3 is 2.35 bits per heavy atom. The van der Waals surface area contributed by atoms with E-state index in [0.29, 0.717) is 19.0 Å². The minimum absolute atomic E-state index is 0.1000. The van der Waals surface area contributed by atoms with E-state index in [1.165, 1.54) is 0 Å². The average molecular weight is 455 g/mol. The number of benzene rings is 2. The number of anilines is 1. The molecule has 5 rings (SSSR count). The second kappa shape index (κ2) is 9.25. The third-order valence-electron chi connectivity index (χ3n) is 6.29. The highest BCUT2D eigenvalue weighted by Crippen LogP contribution is 2.27. The number of hydrogen-bond acceptors (Lipinski definition) is 5. The van der Waals surface area contributed by atoms with Gasteiger partial charge in [-0.1, -0.05) is 50.2 Å². The highest BCUT2D eigenvalue weighted by Gasteiger charge is 2.26. The van der Waals surface area contributed by atoms with Crippen molar-refractivity contribution >= 4 is 22.8 Å². The van der Waals surface area contributed by atoms with Gasteiger partial charge in [-0.05, 0) is 36.6 Å². The van der Waals surface area contributed by atoms with Gasteiger partial charge in [-0.15, -0.1) is 0 Å². The van der Waals surface area contributed by atoms with Crippen molar-refractivity contribution in [3.63, 3.8) is 0 Å². The number of fused-ring (bicyclic) bond motifs is 1. The number of aryl methyl sites for hydroxylation is 1. The summed E-state index contributed by atoms with van der Waals surface area (Å²) in [5.41, 5.74) is 3.60. The van der Waals surface area contributed by atoms with E-state index in [-0.39, 0.29) is 5.91 Å². The number of hydrogen-bond donors (Lipinski definition) is 0. The van der Waals surface area contributed by atoms with Gasteiger partial charge in [0.15, 0.2) is 5.65 Å². The van der Waals surface area contributed by atoms with Crippen molar-refractivity contribution in [3.05, 3.63) is 77.7 Å². The van der Waals surface area contributed by atoms with Crippen LogP contribution in [0.1, 0.15) is 35.6 Å². The summed E-state index contributed by atoms with van der Waals surface area (Å²) in [6.45, 7) is 9.11. The van der Waals surface area contributed by atoms with Crippen molar-refractivity contribution in [3.8, 4) is 5.69 Å². The summed E-state index contributed by atoms with van der Waals surface area (Å²) in [7, 11) is 0. The van der Waals surface area contributed by atoms with Gasteiger partial charge in [0.25, 0.3) is 5.91 Å². The van der Waals surface area contributed by atoms with Crippen LogP contribution < -0.4 is 4.90 Å². The van der Waals surface area contributed by atoms with Gasteiger partial charge in [0.2, 0.25) is 0 Å². The van der Waals surface area contributed by atoms with Crippen LogP contribution in [-0.4, -0.2) is 56.7 Å². The Morgan fingerprint density at radius 1 is 0.941 bits per heavy atom. The molecule has 2 aromatic heterocycles. The standard InChI is InChI=1S/C27H30N6O/c1-19(2)17-24-29-25(23-18-28-33(26(23)30-24)21-10-5-4-6-11-21)31-13-15-32(16-14-31)27(34)22-12-8-7-9-20(22)3/h4-12,18-19H,13-17H2,1-3H3. The molecule has 7 nitrogen and oxygen atoms in total. The molecule has 2 aromatic carbocycles. The number of aromatic nitrogens is 4. The van der Waals surface area contributed by atoms with E-state index in [1.807, 2.05) is 77.3 Å². The van der Waals surface area contributed by atoms with E-state index in [4.69, 9.17) is 9.97 Å². The molecular weight excluding hydrogens is 424 g/mol. The summed E-state index contributed by atoms with van der Waals surface area (Å²) in [5.74, 6) is 2.28. The maximum atomic E-state index is 13.1. The van der Waals surface area contributed by atoms with Crippen LogP contribution in [0.25, 0.3) is 16.7 Å². The molecule has 0 unspecified atom stereocenters. The quantitative estimate of drug-likeness (QED) is 0.450. The van der Waals surface area contributed by atoms with Crippen molar-refractivity contribution in [2.45, 2.75) is 27.2 Å². The Balaban J connectivity index is 1.45. The van der Waals surface area contributed by atoms with Crippen LogP contribution in [0, 0.1) is 12.8 Å². The molecule has 3 heterocycles. The molecule has 0 spiro atoms. The first-order chi connectivity index (χ1) is 16.5. The first kappa shape index (κ1) is 22.1. The van der Waals surface area contributed by atoms with Crippen LogP contribution >= 0.6 is 0 Å². The van der Waals surface area contributed by atoms with Gasteiger partial charge in [-0.3, -0.25) is 4.79 Å². The van der Waals surface area contributed by atoms with E-state index in [2.05, 4.69) is 23.8 Å². The molecule has 0 bridgehead atoms. The number of para-hydroxylation sites is 1. The van der Waals surface area contributed by atoms with Gasteiger partial charge < -0.3 is 9.80 Å². The molecule has 1 aliphatic heterocycles. The second-order valence-electron chi connectivity index (χ2n) is 9.28. The lowest BCUT2D eigenvalue weighted by Gasteiger charge is -2.36. The Bertz CT molecular complexity index is 1310. The molecule has 0 radical (unpaired) electrons.